The highest BCUT2D eigenvalue weighted by Crippen LogP contribution is 2.15. The van der Waals surface area contributed by atoms with Gasteiger partial charge in [-0.15, -0.1) is 0 Å². The first kappa shape index (κ1) is 22.6. The molecule has 0 saturated heterocycles. The Labute approximate surface area is 174 Å². The third-order valence-corrected chi connectivity index (χ3v) is 4.00. The normalized spacial score (nSPS) is 11.2. The Bertz CT molecular complexity index is 906. The lowest BCUT2D eigenvalue weighted by molar-refractivity contribution is -0.155. The number of rotatable bonds is 9. The maximum atomic E-state index is 12.2. The maximum Gasteiger partial charge on any atom is 0.344 e. The predicted octanol–water partition coefficient (Wildman–Crippen LogP) is 3.19. The Morgan fingerprint density at radius 3 is 2.00 bits per heavy atom. The summed E-state index contributed by atoms with van der Waals surface area (Å²) in [5.41, 5.74) is 1.67. The second-order valence-corrected chi connectivity index (χ2v) is 6.47. The molecule has 2 rings (SSSR count). The van der Waals surface area contributed by atoms with E-state index < -0.39 is 18.0 Å². The lowest BCUT2D eigenvalue weighted by Crippen LogP contribution is -2.31. The molecule has 30 heavy (non-hydrogen) atoms. The van der Waals surface area contributed by atoms with Crippen molar-refractivity contribution in [2.45, 2.75) is 33.3 Å². The van der Waals surface area contributed by atoms with Crippen molar-refractivity contribution in [2.75, 3.05) is 17.2 Å². The number of esters is 1. The average molecular weight is 412 g/mol. The van der Waals surface area contributed by atoms with Crippen LogP contribution in [-0.4, -0.2) is 36.3 Å². The summed E-state index contributed by atoms with van der Waals surface area (Å²) in [6.45, 7) is 4.26. The third-order valence-electron chi connectivity index (χ3n) is 4.00. The molecule has 0 heterocycles. The van der Waals surface area contributed by atoms with Crippen molar-refractivity contribution >= 4 is 34.9 Å². The van der Waals surface area contributed by atoms with Gasteiger partial charge in [0.1, 0.15) is 5.75 Å². The molecule has 0 unspecified atom stereocenters. The average Bonchev–Trinajstić information content (AvgIpc) is 2.73. The number of ether oxygens (including phenoxy) is 2. The largest absolute Gasteiger partial charge is 0.482 e. The molecule has 0 aliphatic rings. The summed E-state index contributed by atoms with van der Waals surface area (Å²) in [5.74, 6) is -0.966. The van der Waals surface area contributed by atoms with E-state index in [-0.39, 0.29) is 18.3 Å². The van der Waals surface area contributed by atoms with Crippen LogP contribution in [0, 0.1) is 0 Å². The molecule has 0 aromatic heterocycles. The van der Waals surface area contributed by atoms with Crippen molar-refractivity contribution in [2.24, 2.45) is 0 Å². The predicted molar refractivity (Wildman–Crippen MR) is 111 cm³/mol. The van der Waals surface area contributed by atoms with Crippen molar-refractivity contribution in [1.29, 1.82) is 0 Å². The van der Waals surface area contributed by atoms with Gasteiger partial charge in [-0.3, -0.25) is 14.4 Å². The van der Waals surface area contributed by atoms with E-state index in [0.29, 0.717) is 29.1 Å². The molecule has 0 bridgehead atoms. The zero-order chi connectivity index (χ0) is 22.1. The Balaban J connectivity index is 1.79. The van der Waals surface area contributed by atoms with Crippen molar-refractivity contribution in [3.05, 3.63) is 54.1 Å². The third kappa shape index (κ3) is 7.05. The summed E-state index contributed by atoms with van der Waals surface area (Å²) < 4.78 is 10.4. The van der Waals surface area contributed by atoms with Crippen molar-refractivity contribution in [1.82, 2.24) is 0 Å². The molecule has 0 saturated carbocycles. The number of nitrogens with one attached hydrogen (secondary N) is 2. The zero-order valence-corrected chi connectivity index (χ0v) is 17.1. The van der Waals surface area contributed by atoms with E-state index in [1.165, 1.54) is 13.8 Å². The molecule has 158 valence electrons. The highest BCUT2D eigenvalue weighted by Gasteiger charge is 2.18. The van der Waals surface area contributed by atoms with Crippen LogP contribution in [0.3, 0.4) is 0 Å². The van der Waals surface area contributed by atoms with Gasteiger partial charge < -0.3 is 20.1 Å². The standard InChI is InChI=1S/C22H24N2O6/c1-4-20(26)16-5-11-19(12-6-16)29-13-21(27)30-14(2)22(28)24-18-9-7-17(8-10-18)23-15(3)25/h5-12,14H,4,13H2,1-3H3,(H,23,25)(H,24,28)/t14-/m1/s1. The molecule has 8 heteroatoms. The van der Waals surface area contributed by atoms with Gasteiger partial charge in [-0.05, 0) is 55.5 Å². The number of hydrogen-bond acceptors (Lipinski definition) is 6. The van der Waals surface area contributed by atoms with Crippen LogP contribution < -0.4 is 15.4 Å². The number of carbonyl (C=O) groups is 4. The summed E-state index contributed by atoms with van der Waals surface area (Å²) in [6.07, 6.45) is -0.618. The van der Waals surface area contributed by atoms with Crippen LogP contribution >= 0.6 is 0 Å². The smallest absolute Gasteiger partial charge is 0.344 e. The first-order valence-corrected chi connectivity index (χ1v) is 9.42. The molecule has 0 fully saturated rings. The molecule has 2 aromatic carbocycles. The number of amides is 2. The van der Waals surface area contributed by atoms with Crippen LogP contribution in [0.15, 0.2) is 48.5 Å². The molecular weight excluding hydrogens is 388 g/mol. The van der Waals surface area contributed by atoms with Gasteiger partial charge in [-0.25, -0.2) is 4.79 Å². The molecule has 0 aliphatic carbocycles. The highest BCUT2D eigenvalue weighted by atomic mass is 16.6. The van der Waals surface area contributed by atoms with Gasteiger partial charge in [-0.1, -0.05) is 6.92 Å². The molecule has 2 amide bonds. The fraction of sp³-hybridized carbons (Fsp3) is 0.273. The molecule has 2 aromatic rings. The van der Waals surface area contributed by atoms with E-state index in [0.717, 1.165) is 0 Å². The fourth-order valence-electron chi connectivity index (χ4n) is 2.45. The van der Waals surface area contributed by atoms with E-state index in [2.05, 4.69) is 10.6 Å². The van der Waals surface area contributed by atoms with Crippen LogP contribution in [0.4, 0.5) is 11.4 Å². The number of hydrogen-bond donors (Lipinski definition) is 2. The molecule has 2 N–H and O–H groups in total. The van der Waals surface area contributed by atoms with Gasteiger partial charge in [0.05, 0.1) is 0 Å². The van der Waals surface area contributed by atoms with Gasteiger partial charge in [0.2, 0.25) is 5.91 Å². The van der Waals surface area contributed by atoms with Gasteiger partial charge in [0, 0.05) is 30.3 Å². The number of benzene rings is 2. The van der Waals surface area contributed by atoms with Crippen LogP contribution in [-0.2, 0) is 19.1 Å². The van der Waals surface area contributed by atoms with Gasteiger partial charge >= 0.3 is 5.97 Å². The van der Waals surface area contributed by atoms with Crippen molar-refractivity contribution in [3.8, 4) is 5.75 Å². The van der Waals surface area contributed by atoms with E-state index in [1.54, 1.807) is 55.5 Å². The molecule has 0 aliphatic heterocycles. The summed E-state index contributed by atoms with van der Waals surface area (Å²) in [7, 11) is 0. The first-order chi connectivity index (χ1) is 14.3. The number of ketones is 1. The van der Waals surface area contributed by atoms with Crippen LogP contribution in [0.5, 0.6) is 5.75 Å². The van der Waals surface area contributed by atoms with E-state index in [9.17, 15) is 19.2 Å². The minimum absolute atomic E-state index is 0.0190. The number of anilines is 2. The molecule has 0 spiro atoms. The monoisotopic (exact) mass is 412 g/mol. The van der Waals surface area contributed by atoms with Crippen LogP contribution in [0.25, 0.3) is 0 Å². The molecule has 0 radical (unpaired) electrons. The quantitative estimate of drug-likeness (QED) is 0.483. The SMILES string of the molecule is CCC(=O)c1ccc(OCC(=O)O[C@H](C)C(=O)Nc2ccc(NC(C)=O)cc2)cc1. The summed E-state index contributed by atoms with van der Waals surface area (Å²) in [5, 5.41) is 5.24. The minimum Gasteiger partial charge on any atom is -0.482 e. The Kier molecular flexibility index (Phi) is 8.10. The topological polar surface area (TPSA) is 111 Å². The van der Waals surface area contributed by atoms with Gasteiger partial charge in [0.15, 0.2) is 18.5 Å². The number of Topliss-reactive ketones (excluding diaryl/α,β-unsaturated/α-hetero) is 1. The zero-order valence-electron chi connectivity index (χ0n) is 17.1. The van der Waals surface area contributed by atoms with E-state index >= 15 is 0 Å². The van der Waals surface area contributed by atoms with Crippen molar-refractivity contribution < 1.29 is 28.7 Å². The fourth-order valence-corrected chi connectivity index (χ4v) is 2.45. The molecule has 1 atom stereocenters. The van der Waals surface area contributed by atoms with E-state index in [1.807, 2.05) is 0 Å². The summed E-state index contributed by atoms with van der Waals surface area (Å²) in [4.78, 5) is 46.7. The Hall–Kier alpha value is -3.68. The Morgan fingerprint density at radius 1 is 0.900 bits per heavy atom. The minimum atomic E-state index is -1.03. The highest BCUT2D eigenvalue weighted by molar-refractivity contribution is 5.96. The second-order valence-electron chi connectivity index (χ2n) is 6.47. The molecule has 8 nitrogen and oxygen atoms in total. The lowest BCUT2D eigenvalue weighted by atomic mass is 10.1. The summed E-state index contributed by atoms with van der Waals surface area (Å²) in [6, 6.07) is 13.0. The first-order valence-electron chi connectivity index (χ1n) is 9.42. The lowest BCUT2D eigenvalue weighted by Gasteiger charge is -2.14. The summed E-state index contributed by atoms with van der Waals surface area (Å²) >= 11 is 0. The maximum absolute atomic E-state index is 12.2. The van der Waals surface area contributed by atoms with Crippen LogP contribution in [0.2, 0.25) is 0 Å². The van der Waals surface area contributed by atoms with Gasteiger partial charge in [-0.2, -0.15) is 0 Å². The van der Waals surface area contributed by atoms with E-state index in [4.69, 9.17) is 9.47 Å². The second kappa shape index (κ2) is 10.8. The molecular formula is C22H24N2O6. The van der Waals surface area contributed by atoms with Crippen LogP contribution in [0.1, 0.15) is 37.6 Å². The number of carbonyl (C=O) groups excluding carboxylic acids is 4. The van der Waals surface area contributed by atoms with Crippen molar-refractivity contribution in [3.63, 3.8) is 0 Å². The Morgan fingerprint density at radius 2 is 1.47 bits per heavy atom. The van der Waals surface area contributed by atoms with Gasteiger partial charge in [0.25, 0.3) is 5.91 Å².